The fourth-order valence-corrected chi connectivity index (χ4v) is 3.95. The minimum atomic E-state index is -0.582. The molecule has 7 heteroatoms. The Morgan fingerprint density at radius 3 is 2.82 bits per heavy atom. The Hall–Kier alpha value is -2.98. The Kier molecular flexibility index (Phi) is 4.73. The van der Waals surface area contributed by atoms with Crippen molar-refractivity contribution in [3.05, 3.63) is 47.2 Å². The fraction of sp³-hybridized carbons (Fsp3) is 0.333. The maximum Gasteiger partial charge on any atom is 0.166 e. The molecule has 4 rings (SSSR count). The van der Waals surface area contributed by atoms with E-state index in [1.165, 1.54) is 12.1 Å². The molecule has 0 spiro atoms. The third-order valence-electron chi connectivity index (χ3n) is 5.29. The zero-order chi connectivity index (χ0) is 19.8. The van der Waals surface area contributed by atoms with Crippen LogP contribution >= 0.6 is 0 Å². The average molecular weight is 381 g/mol. The molecule has 2 atom stereocenters. The summed E-state index contributed by atoms with van der Waals surface area (Å²) in [5.74, 6) is -0.867. The summed E-state index contributed by atoms with van der Waals surface area (Å²) < 4.78 is 28.8. The molecule has 144 valence electrons. The van der Waals surface area contributed by atoms with E-state index in [0.29, 0.717) is 22.2 Å². The van der Waals surface area contributed by atoms with E-state index in [4.69, 9.17) is 5.73 Å². The summed E-state index contributed by atoms with van der Waals surface area (Å²) in [6, 6.07) is 6.56. The SMILES string of the molecule is Cc1cc(F)c2[nH]cc(-c3nc(N[C@@H]4CCC[C@H](N)C4)c(F)cc3C#N)c2c1. The number of aromatic amines is 1. The number of rotatable bonds is 3. The van der Waals surface area contributed by atoms with Crippen molar-refractivity contribution in [1.29, 1.82) is 5.26 Å². The molecule has 0 bridgehead atoms. The predicted molar refractivity (Wildman–Crippen MR) is 105 cm³/mol. The summed E-state index contributed by atoms with van der Waals surface area (Å²) in [6.45, 7) is 1.79. The average Bonchev–Trinajstić information content (AvgIpc) is 3.07. The van der Waals surface area contributed by atoms with Gasteiger partial charge in [-0.15, -0.1) is 0 Å². The van der Waals surface area contributed by atoms with Crippen LogP contribution in [0.5, 0.6) is 0 Å². The molecule has 0 radical (unpaired) electrons. The van der Waals surface area contributed by atoms with Crippen LogP contribution in [-0.2, 0) is 0 Å². The number of nitrogens with two attached hydrogens (primary N) is 1. The zero-order valence-corrected chi connectivity index (χ0v) is 15.5. The van der Waals surface area contributed by atoms with E-state index in [1.807, 2.05) is 12.1 Å². The smallest absolute Gasteiger partial charge is 0.166 e. The molecule has 1 aliphatic rings. The predicted octanol–water partition coefficient (Wildman–Crippen LogP) is 4.37. The summed E-state index contributed by atoms with van der Waals surface area (Å²) >= 11 is 0. The molecule has 1 aromatic carbocycles. The Balaban J connectivity index is 1.80. The van der Waals surface area contributed by atoms with E-state index in [9.17, 15) is 14.0 Å². The number of aromatic nitrogens is 2. The number of nitrogens with zero attached hydrogens (tertiary/aromatic N) is 2. The van der Waals surface area contributed by atoms with Crippen molar-refractivity contribution in [2.75, 3.05) is 5.32 Å². The van der Waals surface area contributed by atoms with E-state index in [1.54, 1.807) is 13.1 Å². The number of anilines is 1. The topological polar surface area (TPSA) is 90.5 Å². The Labute approximate surface area is 161 Å². The van der Waals surface area contributed by atoms with Crippen LogP contribution in [0.1, 0.15) is 36.8 Å². The van der Waals surface area contributed by atoms with Crippen molar-refractivity contribution in [1.82, 2.24) is 9.97 Å². The Morgan fingerprint density at radius 2 is 2.07 bits per heavy atom. The van der Waals surface area contributed by atoms with E-state index < -0.39 is 5.82 Å². The van der Waals surface area contributed by atoms with Crippen LogP contribution in [0, 0.1) is 29.9 Å². The number of aryl methyl sites for hydroxylation is 1. The number of nitrogens with one attached hydrogen (secondary N) is 2. The molecule has 3 aromatic rings. The lowest BCUT2D eigenvalue weighted by Crippen LogP contribution is -2.35. The molecule has 0 unspecified atom stereocenters. The lowest BCUT2D eigenvalue weighted by molar-refractivity contribution is 0.407. The molecule has 4 N–H and O–H groups in total. The first-order valence-electron chi connectivity index (χ1n) is 9.36. The van der Waals surface area contributed by atoms with Gasteiger partial charge in [0.1, 0.15) is 11.9 Å². The molecule has 0 saturated heterocycles. The van der Waals surface area contributed by atoms with E-state index in [2.05, 4.69) is 15.3 Å². The molecule has 1 saturated carbocycles. The van der Waals surface area contributed by atoms with Crippen molar-refractivity contribution in [2.24, 2.45) is 5.73 Å². The molecular formula is C21H21F2N5. The normalized spacial score (nSPS) is 19.5. The van der Waals surface area contributed by atoms with Crippen LogP contribution in [0.3, 0.4) is 0 Å². The van der Waals surface area contributed by atoms with Crippen molar-refractivity contribution in [3.63, 3.8) is 0 Å². The van der Waals surface area contributed by atoms with E-state index in [-0.39, 0.29) is 29.3 Å². The molecule has 0 aliphatic heterocycles. The summed E-state index contributed by atoms with van der Waals surface area (Å²) in [7, 11) is 0. The van der Waals surface area contributed by atoms with Gasteiger partial charge in [-0.25, -0.2) is 13.8 Å². The summed E-state index contributed by atoms with van der Waals surface area (Å²) in [5.41, 5.74) is 8.10. The second-order valence-electron chi connectivity index (χ2n) is 7.47. The zero-order valence-electron chi connectivity index (χ0n) is 15.5. The van der Waals surface area contributed by atoms with Gasteiger partial charge < -0.3 is 16.0 Å². The first-order chi connectivity index (χ1) is 13.5. The first kappa shape index (κ1) is 18.4. The number of pyridine rings is 1. The second-order valence-corrected chi connectivity index (χ2v) is 7.47. The van der Waals surface area contributed by atoms with Crippen LogP contribution in [0.4, 0.5) is 14.6 Å². The summed E-state index contributed by atoms with van der Waals surface area (Å²) in [6.07, 6.45) is 5.18. The van der Waals surface area contributed by atoms with Gasteiger partial charge in [0.2, 0.25) is 0 Å². The van der Waals surface area contributed by atoms with Crippen molar-refractivity contribution >= 4 is 16.7 Å². The van der Waals surface area contributed by atoms with Gasteiger partial charge in [-0.2, -0.15) is 5.26 Å². The lowest BCUT2D eigenvalue weighted by atomic mass is 9.91. The van der Waals surface area contributed by atoms with Crippen LogP contribution in [0.15, 0.2) is 24.4 Å². The van der Waals surface area contributed by atoms with Gasteiger partial charge in [0.15, 0.2) is 11.6 Å². The Morgan fingerprint density at radius 1 is 1.25 bits per heavy atom. The number of hydrogen-bond donors (Lipinski definition) is 3. The highest BCUT2D eigenvalue weighted by Gasteiger charge is 2.23. The highest BCUT2D eigenvalue weighted by atomic mass is 19.1. The molecule has 2 heterocycles. The number of benzene rings is 1. The minimum Gasteiger partial charge on any atom is -0.365 e. The molecule has 0 amide bonds. The van der Waals surface area contributed by atoms with Gasteiger partial charge >= 0.3 is 0 Å². The molecule has 1 fully saturated rings. The van der Waals surface area contributed by atoms with Crippen molar-refractivity contribution < 1.29 is 8.78 Å². The Bertz CT molecular complexity index is 1080. The molecular weight excluding hydrogens is 360 g/mol. The molecule has 5 nitrogen and oxygen atoms in total. The molecule has 1 aliphatic carbocycles. The number of hydrogen-bond acceptors (Lipinski definition) is 4. The number of fused-ring (bicyclic) bond motifs is 1. The largest absolute Gasteiger partial charge is 0.365 e. The van der Waals surface area contributed by atoms with E-state index in [0.717, 1.165) is 31.2 Å². The van der Waals surface area contributed by atoms with Gasteiger partial charge in [0.25, 0.3) is 0 Å². The van der Waals surface area contributed by atoms with Crippen LogP contribution in [-0.4, -0.2) is 22.1 Å². The maximum atomic E-state index is 14.6. The third kappa shape index (κ3) is 3.32. The monoisotopic (exact) mass is 381 g/mol. The highest BCUT2D eigenvalue weighted by molar-refractivity contribution is 5.96. The summed E-state index contributed by atoms with van der Waals surface area (Å²) in [5, 5.41) is 13.2. The number of H-pyrrole nitrogens is 1. The number of nitriles is 1. The van der Waals surface area contributed by atoms with Crippen LogP contribution in [0.2, 0.25) is 0 Å². The van der Waals surface area contributed by atoms with Crippen molar-refractivity contribution in [3.8, 4) is 17.3 Å². The standard InChI is InChI=1S/C21H21F2N5/c1-11-5-15-16(10-26-20(15)17(22)6-11)19-12(9-24)7-18(23)21(28-19)27-14-4-2-3-13(25)8-14/h5-7,10,13-14,26H,2-4,8,25H2,1H3,(H,27,28)/t13-,14+/m0/s1. The van der Waals surface area contributed by atoms with Crippen molar-refractivity contribution in [2.45, 2.75) is 44.7 Å². The summed E-state index contributed by atoms with van der Waals surface area (Å²) in [4.78, 5) is 7.32. The van der Waals surface area contributed by atoms with Crippen LogP contribution < -0.4 is 11.1 Å². The molecule has 2 aromatic heterocycles. The third-order valence-corrected chi connectivity index (χ3v) is 5.29. The van der Waals surface area contributed by atoms with E-state index >= 15 is 0 Å². The first-order valence-corrected chi connectivity index (χ1v) is 9.36. The minimum absolute atomic E-state index is 0.0363. The van der Waals surface area contributed by atoms with Gasteiger partial charge in [-0.1, -0.05) is 0 Å². The number of halogens is 2. The van der Waals surface area contributed by atoms with Gasteiger partial charge in [0, 0.05) is 29.2 Å². The van der Waals surface area contributed by atoms with Gasteiger partial charge in [-0.3, -0.25) is 0 Å². The lowest BCUT2D eigenvalue weighted by Gasteiger charge is -2.28. The highest BCUT2D eigenvalue weighted by Crippen LogP contribution is 2.33. The maximum absolute atomic E-state index is 14.6. The van der Waals surface area contributed by atoms with Gasteiger partial charge in [-0.05, 0) is 56.4 Å². The quantitative estimate of drug-likeness (QED) is 0.628. The second kappa shape index (κ2) is 7.21. The van der Waals surface area contributed by atoms with Crippen LogP contribution in [0.25, 0.3) is 22.2 Å². The molecule has 28 heavy (non-hydrogen) atoms. The fourth-order valence-electron chi connectivity index (χ4n) is 3.95. The van der Waals surface area contributed by atoms with Gasteiger partial charge in [0.05, 0.1) is 16.8 Å².